The fourth-order valence-corrected chi connectivity index (χ4v) is 4.42. The molecule has 3 fully saturated rings. The van der Waals surface area contributed by atoms with Gasteiger partial charge >= 0.3 is 0 Å². The van der Waals surface area contributed by atoms with Crippen molar-refractivity contribution in [3.05, 3.63) is 24.0 Å². The second-order valence-electron chi connectivity index (χ2n) is 7.75. The van der Waals surface area contributed by atoms with E-state index in [1.165, 1.54) is 25.9 Å². The first kappa shape index (κ1) is 17.1. The second kappa shape index (κ2) is 7.09. The van der Waals surface area contributed by atoms with E-state index < -0.39 is 0 Å². The summed E-state index contributed by atoms with van der Waals surface area (Å²) >= 11 is 0. The molecular weight excluding hydrogens is 318 g/mol. The zero-order chi connectivity index (χ0) is 17.3. The topological polar surface area (TPSA) is 46.9 Å². The molecule has 1 aromatic heterocycles. The van der Waals surface area contributed by atoms with Gasteiger partial charge in [0.15, 0.2) is 0 Å². The number of hydrogen-bond acceptors (Lipinski definition) is 4. The van der Waals surface area contributed by atoms with Crippen LogP contribution in [0.1, 0.15) is 36.2 Å². The lowest BCUT2D eigenvalue weighted by Gasteiger charge is -2.32. The van der Waals surface area contributed by atoms with Crippen molar-refractivity contribution in [2.75, 3.05) is 45.9 Å². The summed E-state index contributed by atoms with van der Waals surface area (Å²) in [5.74, 6) is 0.0731. The third kappa shape index (κ3) is 3.61. The van der Waals surface area contributed by atoms with Crippen molar-refractivity contribution in [1.29, 1.82) is 0 Å². The fourth-order valence-electron chi connectivity index (χ4n) is 4.42. The maximum atomic E-state index is 12.9. The van der Waals surface area contributed by atoms with Crippen LogP contribution in [-0.4, -0.2) is 77.9 Å². The summed E-state index contributed by atoms with van der Waals surface area (Å²) in [5, 5.41) is 0. The minimum absolute atomic E-state index is 0.0731. The summed E-state index contributed by atoms with van der Waals surface area (Å²) in [6, 6.07) is 3.79. The molecule has 138 valence electrons. The lowest BCUT2D eigenvalue weighted by Crippen LogP contribution is -2.47. The number of amides is 1. The molecule has 6 heteroatoms. The molecule has 6 nitrogen and oxygen atoms in total. The van der Waals surface area contributed by atoms with E-state index in [1.807, 2.05) is 34.8 Å². The first-order valence-corrected chi connectivity index (χ1v) is 9.54. The van der Waals surface area contributed by atoms with Gasteiger partial charge < -0.3 is 23.8 Å². The van der Waals surface area contributed by atoms with Gasteiger partial charge in [-0.15, -0.1) is 0 Å². The first-order valence-electron chi connectivity index (χ1n) is 9.54. The van der Waals surface area contributed by atoms with E-state index in [-0.39, 0.29) is 17.6 Å². The molecule has 3 aliphatic heterocycles. The van der Waals surface area contributed by atoms with Gasteiger partial charge in [0.2, 0.25) is 0 Å². The quantitative estimate of drug-likeness (QED) is 0.832. The van der Waals surface area contributed by atoms with E-state index in [0.717, 1.165) is 25.1 Å². The van der Waals surface area contributed by atoms with Gasteiger partial charge in [0.25, 0.3) is 5.91 Å². The van der Waals surface area contributed by atoms with E-state index in [2.05, 4.69) is 4.90 Å². The van der Waals surface area contributed by atoms with Gasteiger partial charge in [-0.05, 0) is 50.9 Å². The Morgan fingerprint density at radius 2 is 2.16 bits per heavy atom. The number of rotatable bonds is 3. The maximum absolute atomic E-state index is 12.9. The number of nitrogens with zero attached hydrogens (tertiary/aromatic N) is 3. The van der Waals surface area contributed by atoms with Gasteiger partial charge in [0.05, 0.1) is 25.9 Å². The van der Waals surface area contributed by atoms with Crippen LogP contribution in [0.5, 0.6) is 0 Å². The van der Waals surface area contributed by atoms with Crippen LogP contribution in [0, 0.1) is 0 Å². The molecule has 0 aromatic carbocycles. The molecular formula is C19H29N3O3. The monoisotopic (exact) mass is 347 g/mol. The Balaban J connectivity index is 1.43. The van der Waals surface area contributed by atoms with Gasteiger partial charge in [-0.3, -0.25) is 4.79 Å². The zero-order valence-corrected chi connectivity index (χ0v) is 15.2. The SMILES string of the molecule is Cn1cccc1C(=O)N1CCOCC2(CCC(CN3CCCC3)O2)C1. The summed E-state index contributed by atoms with van der Waals surface area (Å²) < 4.78 is 14.2. The lowest BCUT2D eigenvalue weighted by atomic mass is 10.00. The second-order valence-corrected chi connectivity index (χ2v) is 7.75. The highest BCUT2D eigenvalue weighted by Gasteiger charge is 2.44. The van der Waals surface area contributed by atoms with Crippen LogP contribution >= 0.6 is 0 Å². The van der Waals surface area contributed by atoms with E-state index in [9.17, 15) is 4.79 Å². The number of ether oxygens (including phenoxy) is 2. The van der Waals surface area contributed by atoms with Crippen molar-refractivity contribution in [2.24, 2.45) is 7.05 Å². The van der Waals surface area contributed by atoms with E-state index >= 15 is 0 Å². The number of hydrogen-bond donors (Lipinski definition) is 0. The third-order valence-corrected chi connectivity index (χ3v) is 5.80. The van der Waals surface area contributed by atoms with Crippen LogP contribution < -0.4 is 0 Å². The Labute approximate surface area is 149 Å². The lowest BCUT2D eigenvalue weighted by molar-refractivity contribution is -0.0890. The average molecular weight is 347 g/mol. The molecule has 2 atom stereocenters. The molecule has 0 aliphatic carbocycles. The highest BCUT2D eigenvalue weighted by Crippen LogP contribution is 2.34. The minimum Gasteiger partial charge on any atom is -0.377 e. The molecule has 0 N–H and O–H groups in total. The van der Waals surface area contributed by atoms with Gasteiger partial charge in [0.1, 0.15) is 11.3 Å². The van der Waals surface area contributed by atoms with Crippen molar-refractivity contribution in [3.8, 4) is 0 Å². The number of aryl methyl sites for hydroxylation is 1. The molecule has 0 bridgehead atoms. The first-order chi connectivity index (χ1) is 12.2. The van der Waals surface area contributed by atoms with Crippen LogP contribution in [0.3, 0.4) is 0 Å². The van der Waals surface area contributed by atoms with Crippen LogP contribution in [-0.2, 0) is 16.5 Å². The molecule has 3 aliphatic rings. The summed E-state index contributed by atoms with van der Waals surface area (Å²) in [6.45, 7) is 5.86. The van der Waals surface area contributed by atoms with E-state index in [4.69, 9.17) is 9.47 Å². The van der Waals surface area contributed by atoms with Gasteiger partial charge in [0, 0.05) is 26.3 Å². The summed E-state index contributed by atoms with van der Waals surface area (Å²) in [5.41, 5.74) is 0.394. The fraction of sp³-hybridized carbons (Fsp3) is 0.737. The summed E-state index contributed by atoms with van der Waals surface area (Å²) in [4.78, 5) is 17.3. The van der Waals surface area contributed by atoms with Crippen molar-refractivity contribution < 1.29 is 14.3 Å². The smallest absolute Gasteiger partial charge is 0.270 e. The highest BCUT2D eigenvalue weighted by molar-refractivity contribution is 5.92. The molecule has 0 radical (unpaired) electrons. The standard InChI is InChI=1S/C19H29N3O3/c1-20-8-4-5-17(20)18(23)22-11-12-24-15-19(14-22)7-6-16(25-19)13-21-9-2-3-10-21/h4-5,8,16H,2-3,6-7,9-15H2,1H3. The normalized spacial score (nSPS) is 30.9. The summed E-state index contributed by atoms with van der Waals surface area (Å²) in [7, 11) is 1.91. The largest absolute Gasteiger partial charge is 0.377 e. The van der Waals surface area contributed by atoms with Crippen molar-refractivity contribution in [2.45, 2.75) is 37.4 Å². The molecule has 2 unspecified atom stereocenters. The number of carbonyl (C=O) groups excluding carboxylic acids is 1. The molecule has 1 aromatic rings. The Bertz CT molecular complexity index is 611. The number of likely N-dealkylation sites (tertiary alicyclic amines) is 1. The predicted octanol–water partition coefficient (Wildman–Crippen LogP) is 1.51. The van der Waals surface area contributed by atoms with Crippen molar-refractivity contribution in [1.82, 2.24) is 14.4 Å². The maximum Gasteiger partial charge on any atom is 0.270 e. The van der Waals surface area contributed by atoms with Crippen molar-refractivity contribution >= 4 is 5.91 Å². The molecule has 25 heavy (non-hydrogen) atoms. The van der Waals surface area contributed by atoms with Crippen LogP contribution in [0.2, 0.25) is 0 Å². The Hall–Kier alpha value is -1.37. The zero-order valence-electron chi connectivity index (χ0n) is 15.2. The number of aromatic nitrogens is 1. The Morgan fingerprint density at radius 1 is 1.32 bits per heavy atom. The minimum atomic E-state index is -0.332. The molecule has 1 spiro atoms. The molecule has 4 rings (SSSR count). The van der Waals surface area contributed by atoms with Gasteiger partial charge in [-0.2, -0.15) is 0 Å². The summed E-state index contributed by atoms with van der Waals surface area (Å²) in [6.07, 6.45) is 6.83. The molecule has 1 amide bonds. The van der Waals surface area contributed by atoms with Crippen LogP contribution in [0.4, 0.5) is 0 Å². The predicted molar refractivity (Wildman–Crippen MR) is 94.6 cm³/mol. The highest BCUT2D eigenvalue weighted by atomic mass is 16.6. The van der Waals surface area contributed by atoms with E-state index in [1.54, 1.807) is 0 Å². The van der Waals surface area contributed by atoms with Gasteiger partial charge in [-0.1, -0.05) is 0 Å². The van der Waals surface area contributed by atoms with Crippen LogP contribution in [0.25, 0.3) is 0 Å². The van der Waals surface area contributed by atoms with E-state index in [0.29, 0.717) is 26.3 Å². The third-order valence-electron chi connectivity index (χ3n) is 5.80. The molecule has 4 heterocycles. The Kier molecular flexibility index (Phi) is 4.84. The Morgan fingerprint density at radius 3 is 2.92 bits per heavy atom. The molecule has 3 saturated heterocycles. The van der Waals surface area contributed by atoms with Crippen molar-refractivity contribution in [3.63, 3.8) is 0 Å². The molecule has 0 saturated carbocycles. The number of carbonyl (C=O) groups is 1. The average Bonchev–Trinajstić information content (AvgIpc) is 3.30. The van der Waals surface area contributed by atoms with Crippen LogP contribution in [0.15, 0.2) is 18.3 Å². The van der Waals surface area contributed by atoms with Gasteiger partial charge in [-0.25, -0.2) is 0 Å².